The van der Waals surface area contributed by atoms with Crippen molar-refractivity contribution in [2.45, 2.75) is 38.5 Å². The van der Waals surface area contributed by atoms with Crippen molar-refractivity contribution in [3.05, 3.63) is 53.1 Å². The molecule has 1 aliphatic rings. The monoisotopic (exact) mass is 358 g/mol. The first-order valence-corrected chi connectivity index (χ1v) is 9.78. The summed E-state index contributed by atoms with van der Waals surface area (Å²) in [6.07, 6.45) is 1.39. The molecule has 0 bridgehead atoms. The molecule has 25 heavy (non-hydrogen) atoms. The minimum absolute atomic E-state index is 0.0902. The van der Waals surface area contributed by atoms with Crippen LogP contribution in [0.5, 0.6) is 0 Å². The molecule has 0 unspecified atom stereocenters. The lowest BCUT2D eigenvalue weighted by atomic mass is 10.1. The summed E-state index contributed by atoms with van der Waals surface area (Å²) in [6, 6.07) is 10.5. The van der Waals surface area contributed by atoms with E-state index in [9.17, 15) is 13.2 Å². The van der Waals surface area contributed by atoms with Crippen LogP contribution in [0, 0.1) is 20.8 Å². The van der Waals surface area contributed by atoms with Crippen LogP contribution in [0.25, 0.3) is 0 Å². The predicted octanol–water partition coefficient (Wildman–Crippen LogP) is 3.54. The van der Waals surface area contributed by atoms with Gasteiger partial charge < -0.3 is 4.90 Å². The van der Waals surface area contributed by atoms with Crippen LogP contribution in [0.15, 0.2) is 41.3 Å². The summed E-state index contributed by atoms with van der Waals surface area (Å²) in [7, 11) is -3.69. The van der Waals surface area contributed by atoms with Gasteiger partial charge in [-0.25, -0.2) is 8.42 Å². The molecule has 2 aromatic rings. The molecular formula is C19H22N2O3S. The number of nitrogens with zero attached hydrogens (tertiary/aromatic N) is 1. The maximum Gasteiger partial charge on any atom is 0.261 e. The molecule has 1 aliphatic heterocycles. The van der Waals surface area contributed by atoms with E-state index in [0.717, 1.165) is 28.8 Å². The normalized spacial score (nSPS) is 14.8. The fourth-order valence-electron chi connectivity index (χ4n) is 3.17. The number of anilines is 2. The Morgan fingerprint density at radius 1 is 1.00 bits per heavy atom. The zero-order valence-electron chi connectivity index (χ0n) is 14.7. The van der Waals surface area contributed by atoms with E-state index in [1.807, 2.05) is 39.0 Å². The number of amides is 1. The van der Waals surface area contributed by atoms with Crippen LogP contribution in [0.3, 0.4) is 0 Å². The van der Waals surface area contributed by atoms with Crippen molar-refractivity contribution in [2.24, 2.45) is 0 Å². The molecule has 0 radical (unpaired) electrons. The summed E-state index contributed by atoms with van der Waals surface area (Å²) < 4.78 is 28.2. The topological polar surface area (TPSA) is 66.5 Å². The second kappa shape index (κ2) is 6.52. The van der Waals surface area contributed by atoms with Crippen molar-refractivity contribution in [3.8, 4) is 0 Å². The zero-order valence-corrected chi connectivity index (χ0v) is 15.5. The first kappa shape index (κ1) is 17.5. The summed E-state index contributed by atoms with van der Waals surface area (Å²) in [4.78, 5) is 13.8. The minimum Gasteiger partial charge on any atom is -0.312 e. The maximum absolute atomic E-state index is 12.8. The zero-order chi connectivity index (χ0) is 18.2. The number of rotatable bonds is 4. The SMILES string of the molecule is Cc1cc(S(=O)(=O)Nc2c(C)cccc2C)ccc1N1CCCC1=O. The Morgan fingerprint density at radius 3 is 2.24 bits per heavy atom. The molecule has 6 heteroatoms. The lowest BCUT2D eigenvalue weighted by molar-refractivity contribution is -0.117. The number of nitrogens with one attached hydrogen (secondary N) is 1. The molecule has 0 atom stereocenters. The molecule has 1 saturated heterocycles. The molecule has 0 aliphatic carbocycles. The van der Waals surface area contributed by atoms with Gasteiger partial charge in [-0.3, -0.25) is 9.52 Å². The van der Waals surface area contributed by atoms with E-state index in [-0.39, 0.29) is 10.8 Å². The van der Waals surface area contributed by atoms with Crippen molar-refractivity contribution < 1.29 is 13.2 Å². The van der Waals surface area contributed by atoms with E-state index >= 15 is 0 Å². The van der Waals surface area contributed by atoms with Gasteiger partial charge in [-0.05, 0) is 62.1 Å². The smallest absolute Gasteiger partial charge is 0.261 e. The molecule has 1 heterocycles. The quantitative estimate of drug-likeness (QED) is 0.909. The van der Waals surface area contributed by atoms with Gasteiger partial charge in [0.2, 0.25) is 5.91 Å². The Kier molecular flexibility index (Phi) is 4.56. The Hall–Kier alpha value is -2.34. The van der Waals surface area contributed by atoms with Gasteiger partial charge in [0.1, 0.15) is 0 Å². The Labute approximate surface area is 148 Å². The summed E-state index contributed by atoms with van der Waals surface area (Å²) in [5.41, 5.74) is 3.92. The second-order valence-electron chi connectivity index (χ2n) is 6.47. The van der Waals surface area contributed by atoms with Crippen molar-refractivity contribution >= 4 is 27.3 Å². The highest BCUT2D eigenvalue weighted by Crippen LogP contribution is 2.29. The van der Waals surface area contributed by atoms with E-state index in [2.05, 4.69) is 4.72 Å². The van der Waals surface area contributed by atoms with Gasteiger partial charge in [-0.1, -0.05) is 18.2 Å². The maximum atomic E-state index is 12.8. The van der Waals surface area contributed by atoms with E-state index in [1.54, 1.807) is 23.1 Å². The van der Waals surface area contributed by atoms with Gasteiger partial charge >= 0.3 is 0 Å². The highest BCUT2D eigenvalue weighted by atomic mass is 32.2. The summed E-state index contributed by atoms with van der Waals surface area (Å²) in [5, 5.41) is 0. The van der Waals surface area contributed by atoms with Crippen LogP contribution in [-0.4, -0.2) is 20.9 Å². The first-order chi connectivity index (χ1) is 11.8. The van der Waals surface area contributed by atoms with Crippen LogP contribution in [0.2, 0.25) is 0 Å². The standard InChI is InChI=1S/C19H22N2O3S/c1-13-6-4-7-14(2)19(13)20-25(23,24)16-9-10-17(15(3)12-16)21-11-5-8-18(21)22/h4,6-7,9-10,12,20H,5,8,11H2,1-3H3. The third-order valence-electron chi connectivity index (χ3n) is 4.56. The van der Waals surface area contributed by atoms with E-state index in [1.165, 1.54) is 0 Å². The highest BCUT2D eigenvalue weighted by Gasteiger charge is 2.24. The average molecular weight is 358 g/mol. The number of aryl methyl sites for hydroxylation is 3. The van der Waals surface area contributed by atoms with Crippen molar-refractivity contribution in [1.82, 2.24) is 0 Å². The number of benzene rings is 2. The van der Waals surface area contributed by atoms with Crippen molar-refractivity contribution in [3.63, 3.8) is 0 Å². The molecule has 132 valence electrons. The van der Waals surface area contributed by atoms with E-state index in [0.29, 0.717) is 18.7 Å². The molecular weight excluding hydrogens is 336 g/mol. The van der Waals surface area contributed by atoms with Crippen LogP contribution < -0.4 is 9.62 Å². The van der Waals surface area contributed by atoms with Crippen LogP contribution >= 0.6 is 0 Å². The largest absolute Gasteiger partial charge is 0.312 e. The fourth-order valence-corrected chi connectivity index (χ4v) is 4.46. The van der Waals surface area contributed by atoms with Crippen LogP contribution in [-0.2, 0) is 14.8 Å². The average Bonchev–Trinajstić information content (AvgIpc) is 2.97. The molecule has 1 amide bonds. The minimum atomic E-state index is -3.69. The molecule has 0 spiro atoms. The molecule has 3 rings (SSSR count). The van der Waals surface area contributed by atoms with Gasteiger partial charge in [0.15, 0.2) is 0 Å². The molecule has 2 aromatic carbocycles. The summed E-state index contributed by atoms with van der Waals surface area (Å²) in [5.74, 6) is 0.0902. The van der Waals surface area contributed by atoms with Crippen LogP contribution in [0.1, 0.15) is 29.5 Å². The number of carbonyl (C=O) groups excluding carboxylic acids is 1. The predicted molar refractivity (Wildman–Crippen MR) is 99.5 cm³/mol. The first-order valence-electron chi connectivity index (χ1n) is 8.29. The number of sulfonamides is 1. The Balaban J connectivity index is 1.93. The van der Waals surface area contributed by atoms with E-state index < -0.39 is 10.0 Å². The number of hydrogen-bond acceptors (Lipinski definition) is 3. The highest BCUT2D eigenvalue weighted by molar-refractivity contribution is 7.92. The molecule has 0 saturated carbocycles. The third-order valence-corrected chi connectivity index (χ3v) is 5.91. The lowest BCUT2D eigenvalue weighted by Gasteiger charge is -2.19. The fraction of sp³-hybridized carbons (Fsp3) is 0.316. The van der Waals surface area contributed by atoms with E-state index in [4.69, 9.17) is 0 Å². The lowest BCUT2D eigenvalue weighted by Crippen LogP contribution is -2.24. The Bertz CT molecular complexity index is 915. The molecule has 1 fully saturated rings. The van der Waals surface area contributed by atoms with Crippen molar-refractivity contribution in [2.75, 3.05) is 16.2 Å². The van der Waals surface area contributed by atoms with Gasteiger partial charge in [0.05, 0.1) is 10.6 Å². The Morgan fingerprint density at radius 2 is 1.68 bits per heavy atom. The third kappa shape index (κ3) is 3.39. The molecule has 5 nitrogen and oxygen atoms in total. The molecule has 1 N–H and O–H groups in total. The summed E-state index contributed by atoms with van der Waals surface area (Å²) in [6.45, 7) is 6.27. The van der Waals surface area contributed by atoms with Gasteiger partial charge in [0, 0.05) is 18.7 Å². The summed E-state index contributed by atoms with van der Waals surface area (Å²) >= 11 is 0. The van der Waals surface area contributed by atoms with Gasteiger partial charge in [-0.2, -0.15) is 0 Å². The van der Waals surface area contributed by atoms with Gasteiger partial charge in [-0.15, -0.1) is 0 Å². The second-order valence-corrected chi connectivity index (χ2v) is 8.15. The number of carbonyl (C=O) groups is 1. The van der Waals surface area contributed by atoms with Crippen LogP contribution in [0.4, 0.5) is 11.4 Å². The number of para-hydroxylation sites is 1. The van der Waals surface area contributed by atoms with Gasteiger partial charge in [0.25, 0.3) is 10.0 Å². The number of hydrogen-bond donors (Lipinski definition) is 1. The molecule has 0 aromatic heterocycles. The van der Waals surface area contributed by atoms with Crippen molar-refractivity contribution in [1.29, 1.82) is 0 Å².